The van der Waals surface area contributed by atoms with Crippen molar-refractivity contribution >= 4 is 16.0 Å². The first-order chi connectivity index (χ1) is 21.2. The number of hydrogen-bond donors (Lipinski definition) is 1. The van der Waals surface area contributed by atoms with Crippen LogP contribution in [-0.2, 0) is 30.0 Å². The highest BCUT2D eigenvalue weighted by atomic mass is 32.2. The Hall–Kier alpha value is -4.61. The molecule has 224 valence electrons. The number of carboxylic acids is 1. The Bertz CT molecular complexity index is 2000. The van der Waals surface area contributed by atoms with Crippen LogP contribution in [0.25, 0.3) is 16.8 Å². The fourth-order valence-electron chi connectivity index (χ4n) is 6.41. The molecule has 5 aromatic rings. The number of rotatable bonds is 7. The molecule has 11 heteroatoms. The molecule has 2 aliphatic rings. The van der Waals surface area contributed by atoms with Gasteiger partial charge >= 0.3 is 5.97 Å². The van der Waals surface area contributed by atoms with Gasteiger partial charge in [-0.15, -0.1) is 5.10 Å². The van der Waals surface area contributed by atoms with E-state index in [0.717, 1.165) is 46.5 Å². The van der Waals surface area contributed by atoms with Gasteiger partial charge < -0.3 is 5.11 Å². The van der Waals surface area contributed by atoms with Gasteiger partial charge in [0, 0.05) is 38.2 Å². The average molecular weight is 609 g/mol. The van der Waals surface area contributed by atoms with E-state index >= 15 is 0 Å². The van der Waals surface area contributed by atoms with Gasteiger partial charge in [-0.25, -0.2) is 17.9 Å². The Morgan fingerprint density at radius 2 is 1.77 bits per heavy atom. The number of nitrogens with zero attached hydrogens (tertiary/aromatic N) is 6. The minimum Gasteiger partial charge on any atom is -0.478 e. The van der Waals surface area contributed by atoms with Gasteiger partial charge in [0.2, 0.25) is 10.0 Å². The Labute approximate surface area is 255 Å². The molecule has 3 atom stereocenters. The van der Waals surface area contributed by atoms with Crippen molar-refractivity contribution < 1.29 is 18.3 Å². The molecule has 1 saturated carbocycles. The van der Waals surface area contributed by atoms with Crippen LogP contribution >= 0.6 is 0 Å². The molecule has 0 amide bonds. The lowest BCUT2D eigenvalue weighted by Crippen LogP contribution is -2.32. The molecule has 7 rings (SSSR count). The summed E-state index contributed by atoms with van der Waals surface area (Å²) in [5, 5.41) is 22.7. The highest BCUT2D eigenvalue weighted by Crippen LogP contribution is 2.55. The number of carboxylic acid groups (broad SMARTS) is 1. The molecule has 0 spiro atoms. The first-order valence-electron chi connectivity index (χ1n) is 14.6. The fraction of sp³-hybridized carbons (Fsp3) is 0.273. The summed E-state index contributed by atoms with van der Waals surface area (Å²) in [7, 11) is -1.83. The number of sulfonamides is 1. The SMILES string of the molecule is C[C@H]1Cc2ccccc2S(=O)(=O)N(Cc2cccc(-c3cccc(-n4ncc(C(=O)O)c4[C@@H]4C[C@H]4c4cn(C)nn4)c3)c2)C1. The van der Waals surface area contributed by atoms with Crippen LogP contribution in [0.2, 0.25) is 0 Å². The largest absolute Gasteiger partial charge is 0.478 e. The molecule has 1 N–H and O–H groups in total. The van der Waals surface area contributed by atoms with Crippen molar-refractivity contribution in [2.75, 3.05) is 6.54 Å². The summed E-state index contributed by atoms with van der Waals surface area (Å²) in [6, 6.07) is 23.0. The van der Waals surface area contributed by atoms with Gasteiger partial charge in [0.15, 0.2) is 0 Å². The zero-order chi connectivity index (χ0) is 30.6. The number of fused-ring (bicyclic) bond motifs is 1. The van der Waals surface area contributed by atoms with E-state index in [4.69, 9.17) is 0 Å². The van der Waals surface area contributed by atoms with Gasteiger partial charge in [0.05, 0.1) is 28.2 Å². The molecule has 1 aliphatic carbocycles. The van der Waals surface area contributed by atoms with Crippen molar-refractivity contribution in [3.8, 4) is 16.8 Å². The zero-order valence-electron chi connectivity index (χ0n) is 24.4. The Morgan fingerprint density at radius 1 is 1.00 bits per heavy atom. The summed E-state index contributed by atoms with van der Waals surface area (Å²) >= 11 is 0. The van der Waals surface area contributed by atoms with Gasteiger partial charge in [-0.1, -0.05) is 60.7 Å². The zero-order valence-corrected chi connectivity index (χ0v) is 25.2. The van der Waals surface area contributed by atoms with Crippen LogP contribution in [0.15, 0.2) is 90.1 Å². The van der Waals surface area contributed by atoms with Crippen LogP contribution in [0.4, 0.5) is 0 Å². The first kappa shape index (κ1) is 28.2. The third-order valence-corrected chi connectivity index (χ3v) is 10.5. The quantitative estimate of drug-likeness (QED) is 0.275. The number of aromatic carboxylic acids is 1. The summed E-state index contributed by atoms with van der Waals surface area (Å²) in [5.74, 6) is -0.773. The molecule has 3 heterocycles. The summed E-state index contributed by atoms with van der Waals surface area (Å²) < 4.78 is 32.3. The van der Waals surface area contributed by atoms with E-state index in [-0.39, 0.29) is 29.9 Å². The number of carbonyl (C=O) groups is 1. The minimum absolute atomic E-state index is 0.0321. The summed E-state index contributed by atoms with van der Waals surface area (Å²) in [6.07, 6.45) is 4.78. The standard InChI is InChI=1S/C33H32N6O4S/c1-21-13-25-8-3-4-12-31(25)44(42,43)38(18-21)19-22-7-5-9-23(14-22)24-10-6-11-26(15-24)39-32(29(17-34-39)33(40)41)28-16-27(28)30-20-37(2)36-35-30/h3-12,14-15,17,20-21,27-28H,13,16,18-19H2,1-2H3,(H,40,41)/t21-,27+,28+/m0/s1. The van der Waals surface area contributed by atoms with Gasteiger partial charge in [0.25, 0.3) is 0 Å². The summed E-state index contributed by atoms with van der Waals surface area (Å²) in [5.41, 5.74) is 6.04. The highest BCUT2D eigenvalue weighted by molar-refractivity contribution is 7.89. The van der Waals surface area contributed by atoms with Crippen molar-refractivity contribution in [1.29, 1.82) is 0 Å². The normalized spacial score (nSPS) is 21.0. The lowest BCUT2D eigenvalue weighted by molar-refractivity contribution is 0.0695. The highest BCUT2D eigenvalue weighted by Gasteiger charge is 2.46. The van der Waals surface area contributed by atoms with E-state index < -0.39 is 16.0 Å². The van der Waals surface area contributed by atoms with Crippen LogP contribution in [0.5, 0.6) is 0 Å². The molecule has 3 aromatic carbocycles. The summed E-state index contributed by atoms with van der Waals surface area (Å²) in [4.78, 5) is 12.5. The van der Waals surface area contributed by atoms with Crippen molar-refractivity contribution in [1.82, 2.24) is 29.1 Å². The second-order valence-corrected chi connectivity index (χ2v) is 13.8. The number of benzene rings is 3. The maximum absolute atomic E-state index is 13.7. The number of aromatic nitrogens is 5. The van der Waals surface area contributed by atoms with E-state index in [9.17, 15) is 18.3 Å². The second-order valence-electron chi connectivity index (χ2n) is 11.9. The van der Waals surface area contributed by atoms with Crippen molar-refractivity contribution in [3.63, 3.8) is 0 Å². The number of hydrogen-bond acceptors (Lipinski definition) is 6. The predicted molar refractivity (Wildman–Crippen MR) is 164 cm³/mol. The molecule has 10 nitrogen and oxygen atoms in total. The third kappa shape index (κ3) is 5.11. The molecule has 0 unspecified atom stereocenters. The monoisotopic (exact) mass is 608 g/mol. The molecule has 0 radical (unpaired) electrons. The van der Waals surface area contributed by atoms with Crippen LogP contribution in [0.3, 0.4) is 0 Å². The molecule has 0 saturated heterocycles. The summed E-state index contributed by atoms with van der Waals surface area (Å²) in [6.45, 7) is 2.80. The predicted octanol–water partition coefficient (Wildman–Crippen LogP) is 5.02. The molecule has 2 aromatic heterocycles. The third-order valence-electron chi connectivity index (χ3n) is 8.56. The lowest BCUT2D eigenvalue weighted by Gasteiger charge is -2.22. The molecular weight excluding hydrogens is 576 g/mol. The molecule has 44 heavy (non-hydrogen) atoms. The van der Waals surface area contributed by atoms with E-state index in [1.807, 2.05) is 73.9 Å². The van der Waals surface area contributed by atoms with Crippen molar-refractivity contribution in [2.24, 2.45) is 13.0 Å². The van der Waals surface area contributed by atoms with E-state index in [0.29, 0.717) is 17.1 Å². The second kappa shape index (κ2) is 10.8. The van der Waals surface area contributed by atoms with Gasteiger partial charge in [-0.2, -0.15) is 9.40 Å². The van der Waals surface area contributed by atoms with E-state index in [2.05, 4.69) is 22.3 Å². The lowest BCUT2D eigenvalue weighted by atomic mass is 10.0. The molecule has 1 aliphatic heterocycles. The Morgan fingerprint density at radius 3 is 2.55 bits per heavy atom. The first-order valence-corrected chi connectivity index (χ1v) is 16.1. The Balaban J connectivity index is 1.19. The molecule has 1 fully saturated rings. The van der Waals surface area contributed by atoms with E-state index in [1.165, 1.54) is 6.20 Å². The van der Waals surface area contributed by atoms with E-state index in [1.54, 1.807) is 25.8 Å². The molecule has 0 bridgehead atoms. The van der Waals surface area contributed by atoms with Crippen LogP contribution in [0, 0.1) is 5.92 Å². The molecular formula is C33H32N6O4S. The van der Waals surface area contributed by atoms with Crippen LogP contribution in [-0.4, -0.2) is 55.1 Å². The maximum Gasteiger partial charge on any atom is 0.339 e. The maximum atomic E-state index is 13.7. The number of aryl methyl sites for hydroxylation is 1. The van der Waals surface area contributed by atoms with Gasteiger partial charge in [-0.05, 0) is 65.3 Å². The van der Waals surface area contributed by atoms with Crippen LogP contribution < -0.4 is 0 Å². The Kier molecular flexibility index (Phi) is 6.94. The smallest absolute Gasteiger partial charge is 0.339 e. The topological polar surface area (TPSA) is 123 Å². The van der Waals surface area contributed by atoms with Gasteiger partial charge in [0.1, 0.15) is 5.56 Å². The fourth-order valence-corrected chi connectivity index (χ4v) is 8.19. The van der Waals surface area contributed by atoms with Gasteiger partial charge in [-0.3, -0.25) is 4.68 Å². The minimum atomic E-state index is -3.64. The average Bonchev–Trinajstić information content (AvgIpc) is 3.48. The van der Waals surface area contributed by atoms with Crippen molar-refractivity contribution in [3.05, 3.63) is 113 Å². The van der Waals surface area contributed by atoms with Crippen LogP contribution in [0.1, 0.15) is 58.1 Å². The van der Waals surface area contributed by atoms with Crippen molar-refractivity contribution in [2.45, 2.75) is 43.0 Å².